The van der Waals surface area contributed by atoms with Gasteiger partial charge in [-0.15, -0.1) is 0 Å². The van der Waals surface area contributed by atoms with Crippen molar-refractivity contribution in [2.75, 3.05) is 6.61 Å². The van der Waals surface area contributed by atoms with E-state index in [0.29, 0.717) is 6.04 Å². The van der Waals surface area contributed by atoms with E-state index in [2.05, 4.69) is 66.0 Å². The maximum absolute atomic E-state index is 5.62. The molecule has 1 heterocycles. The molecule has 0 radical (unpaired) electrons. The van der Waals surface area contributed by atoms with Gasteiger partial charge in [0, 0.05) is 3.57 Å². The predicted octanol–water partition coefficient (Wildman–Crippen LogP) is 2.69. The SMILES string of the molecule is CC1(C)NC(c2ccc(I)cc2)CO1. The van der Waals surface area contributed by atoms with Crippen molar-refractivity contribution >= 4 is 22.6 Å². The van der Waals surface area contributed by atoms with Crippen molar-refractivity contribution in [2.24, 2.45) is 0 Å². The number of ether oxygens (including phenoxy) is 1. The van der Waals surface area contributed by atoms with Gasteiger partial charge in [0.05, 0.1) is 12.6 Å². The fraction of sp³-hybridized carbons (Fsp3) is 0.455. The summed E-state index contributed by atoms with van der Waals surface area (Å²) < 4.78 is 6.89. The van der Waals surface area contributed by atoms with Crippen LogP contribution in [0.15, 0.2) is 24.3 Å². The van der Waals surface area contributed by atoms with Crippen LogP contribution in [0.4, 0.5) is 0 Å². The molecule has 1 fully saturated rings. The molecule has 0 spiro atoms. The van der Waals surface area contributed by atoms with Gasteiger partial charge in [-0.2, -0.15) is 0 Å². The number of hydrogen-bond acceptors (Lipinski definition) is 2. The predicted molar refractivity (Wildman–Crippen MR) is 65.1 cm³/mol. The monoisotopic (exact) mass is 303 g/mol. The van der Waals surface area contributed by atoms with Gasteiger partial charge >= 0.3 is 0 Å². The van der Waals surface area contributed by atoms with Crippen LogP contribution in [0.1, 0.15) is 25.5 Å². The molecule has 1 aromatic rings. The van der Waals surface area contributed by atoms with Crippen molar-refractivity contribution in [3.8, 4) is 0 Å². The minimum Gasteiger partial charge on any atom is -0.359 e. The molecule has 0 saturated carbocycles. The van der Waals surface area contributed by atoms with Crippen molar-refractivity contribution in [3.63, 3.8) is 0 Å². The van der Waals surface area contributed by atoms with Crippen LogP contribution in [0.25, 0.3) is 0 Å². The van der Waals surface area contributed by atoms with Crippen LogP contribution in [-0.2, 0) is 4.74 Å². The Hall–Kier alpha value is -0.130. The summed E-state index contributed by atoms with van der Waals surface area (Å²) in [6.07, 6.45) is 0. The molecule has 0 amide bonds. The molecule has 2 rings (SSSR count). The Morgan fingerprint density at radius 1 is 1.36 bits per heavy atom. The lowest BCUT2D eigenvalue weighted by atomic mass is 10.1. The molecule has 1 N–H and O–H groups in total. The average Bonchev–Trinajstić information content (AvgIpc) is 2.47. The van der Waals surface area contributed by atoms with Gasteiger partial charge in [0.1, 0.15) is 5.72 Å². The minimum absolute atomic E-state index is 0.187. The number of halogens is 1. The molecule has 1 aliphatic heterocycles. The summed E-state index contributed by atoms with van der Waals surface area (Å²) in [5.41, 5.74) is 1.12. The van der Waals surface area contributed by atoms with Gasteiger partial charge in [0.25, 0.3) is 0 Å². The van der Waals surface area contributed by atoms with Crippen LogP contribution in [-0.4, -0.2) is 12.3 Å². The molecule has 1 saturated heterocycles. The molecule has 1 unspecified atom stereocenters. The Morgan fingerprint density at radius 3 is 2.50 bits per heavy atom. The van der Waals surface area contributed by atoms with E-state index >= 15 is 0 Å². The molecule has 0 aliphatic carbocycles. The van der Waals surface area contributed by atoms with Crippen molar-refractivity contribution in [1.82, 2.24) is 5.32 Å². The average molecular weight is 303 g/mol. The fourth-order valence-electron chi connectivity index (χ4n) is 1.67. The standard InChI is InChI=1S/C11H14INO/c1-11(2)13-10(7-14-11)8-3-5-9(12)6-4-8/h3-6,10,13H,7H2,1-2H3. The third-order valence-electron chi connectivity index (χ3n) is 2.41. The highest BCUT2D eigenvalue weighted by Gasteiger charge is 2.31. The largest absolute Gasteiger partial charge is 0.359 e. The number of nitrogens with one attached hydrogen (secondary N) is 1. The van der Waals surface area contributed by atoms with Crippen molar-refractivity contribution in [1.29, 1.82) is 0 Å². The summed E-state index contributed by atoms with van der Waals surface area (Å²) in [4.78, 5) is 0. The van der Waals surface area contributed by atoms with Crippen LogP contribution in [0.3, 0.4) is 0 Å². The summed E-state index contributed by atoms with van der Waals surface area (Å²) in [5.74, 6) is 0. The van der Waals surface area contributed by atoms with Crippen LogP contribution < -0.4 is 5.32 Å². The highest BCUT2D eigenvalue weighted by Crippen LogP contribution is 2.25. The zero-order valence-corrected chi connectivity index (χ0v) is 10.5. The molecular formula is C11H14INO. The summed E-state index contributed by atoms with van der Waals surface area (Å²) in [6.45, 7) is 4.87. The van der Waals surface area contributed by atoms with Gasteiger partial charge in [-0.1, -0.05) is 12.1 Å². The Kier molecular flexibility index (Phi) is 2.81. The maximum atomic E-state index is 5.62. The lowest BCUT2D eigenvalue weighted by Crippen LogP contribution is -2.34. The second-order valence-electron chi connectivity index (χ2n) is 4.07. The summed E-state index contributed by atoms with van der Waals surface area (Å²) in [5, 5.41) is 3.44. The molecule has 0 aromatic heterocycles. The second kappa shape index (κ2) is 3.79. The maximum Gasteiger partial charge on any atom is 0.114 e. The summed E-state index contributed by atoms with van der Waals surface area (Å²) >= 11 is 2.31. The van der Waals surface area contributed by atoms with Gasteiger partial charge in [-0.3, -0.25) is 5.32 Å². The molecule has 0 bridgehead atoms. The van der Waals surface area contributed by atoms with E-state index in [9.17, 15) is 0 Å². The van der Waals surface area contributed by atoms with Crippen LogP contribution >= 0.6 is 22.6 Å². The molecule has 1 aromatic carbocycles. The second-order valence-corrected chi connectivity index (χ2v) is 5.32. The smallest absolute Gasteiger partial charge is 0.114 e. The normalized spacial score (nSPS) is 25.2. The number of benzene rings is 1. The van der Waals surface area contributed by atoms with Gasteiger partial charge in [0.15, 0.2) is 0 Å². The van der Waals surface area contributed by atoms with E-state index in [1.165, 1.54) is 9.13 Å². The molecular weight excluding hydrogens is 289 g/mol. The zero-order valence-electron chi connectivity index (χ0n) is 8.38. The molecule has 3 heteroatoms. The van der Waals surface area contributed by atoms with Crippen LogP contribution in [0, 0.1) is 3.57 Å². The van der Waals surface area contributed by atoms with Gasteiger partial charge in [0.2, 0.25) is 0 Å². The summed E-state index contributed by atoms with van der Waals surface area (Å²) in [6, 6.07) is 8.90. The first-order valence-electron chi connectivity index (χ1n) is 4.74. The van der Waals surface area contributed by atoms with E-state index in [0.717, 1.165) is 6.61 Å². The first-order chi connectivity index (χ1) is 6.57. The molecule has 14 heavy (non-hydrogen) atoms. The first-order valence-corrected chi connectivity index (χ1v) is 5.82. The Bertz CT molecular complexity index is 321. The van der Waals surface area contributed by atoms with Crippen LogP contribution in [0.2, 0.25) is 0 Å². The zero-order chi connectivity index (χ0) is 10.2. The number of rotatable bonds is 1. The Morgan fingerprint density at radius 2 is 2.00 bits per heavy atom. The van der Waals surface area contributed by atoms with Crippen LogP contribution in [0.5, 0.6) is 0 Å². The summed E-state index contributed by atoms with van der Waals surface area (Å²) in [7, 11) is 0. The highest BCUT2D eigenvalue weighted by atomic mass is 127. The minimum atomic E-state index is -0.187. The van der Waals surface area contributed by atoms with E-state index in [4.69, 9.17) is 4.74 Å². The number of hydrogen-bond donors (Lipinski definition) is 1. The fourth-order valence-corrected chi connectivity index (χ4v) is 2.03. The first kappa shape index (κ1) is 10.4. The third kappa shape index (κ3) is 2.27. The molecule has 76 valence electrons. The molecule has 2 nitrogen and oxygen atoms in total. The lowest BCUT2D eigenvalue weighted by molar-refractivity contribution is 0.0231. The van der Waals surface area contributed by atoms with Crippen molar-refractivity contribution < 1.29 is 4.74 Å². The van der Waals surface area contributed by atoms with Gasteiger partial charge < -0.3 is 4.74 Å². The molecule has 1 atom stereocenters. The van der Waals surface area contributed by atoms with Gasteiger partial charge in [-0.25, -0.2) is 0 Å². The topological polar surface area (TPSA) is 21.3 Å². The van der Waals surface area contributed by atoms with E-state index in [1.54, 1.807) is 0 Å². The highest BCUT2D eigenvalue weighted by molar-refractivity contribution is 14.1. The van der Waals surface area contributed by atoms with Crippen molar-refractivity contribution in [2.45, 2.75) is 25.6 Å². The third-order valence-corrected chi connectivity index (χ3v) is 3.12. The Labute approximate surface area is 98.2 Å². The van der Waals surface area contributed by atoms with Crippen molar-refractivity contribution in [3.05, 3.63) is 33.4 Å². The molecule has 1 aliphatic rings. The van der Waals surface area contributed by atoms with E-state index in [1.807, 2.05) is 0 Å². The quantitative estimate of drug-likeness (QED) is 0.806. The Balaban J connectivity index is 2.14. The van der Waals surface area contributed by atoms with E-state index < -0.39 is 0 Å². The lowest BCUT2D eigenvalue weighted by Gasteiger charge is -2.18. The van der Waals surface area contributed by atoms with Gasteiger partial charge in [-0.05, 0) is 54.1 Å². The van der Waals surface area contributed by atoms with E-state index in [-0.39, 0.29) is 5.72 Å².